The molecule has 3 atom stereocenters. The molecule has 0 aromatic heterocycles. The van der Waals surface area contributed by atoms with Crippen LogP contribution in [-0.2, 0) is 14.4 Å². The highest BCUT2D eigenvalue weighted by atomic mass is 16.4. The Hall–Kier alpha value is -1.89. The lowest BCUT2D eigenvalue weighted by atomic mass is 10.0. The first-order chi connectivity index (χ1) is 19.5. The maximum Gasteiger partial charge on any atom is 0.306 e. The van der Waals surface area contributed by atoms with Gasteiger partial charge in [0.2, 0.25) is 0 Å². The van der Waals surface area contributed by atoms with E-state index in [9.17, 15) is 29.7 Å². The highest BCUT2D eigenvalue weighted by Gasteiger charge is 2.31. The van der Waals surface area contributed by atoms with E-state index >= 15 is 0 Å². The Kier molecular flexibility index (Phi) is 23.5. The Morgan fingerprint density at radius 1 is 0.512 bits per heavy atom. The second-order valence-electron chi connectivity index (χ2n) is 12.6. The first-order valence-corrected chi connectivity index (χ1v) is 16.7. The highest BCUT2D eigenvalue weighted by Crippen LogP contribution is 2.22. The fraction of sp³-hybridized carbons (Fsp3) is 0.853. The lowest BCUT2D eigenvalue weighted by molar-refractivity contribution is -0.929. The van der Waals surface area contributed by atoms with Crippen molar-refractivity contribution in [1.29, 1.82) is 0 Å². The number of quaternary nitrogens is 1. The van der Waals surface area contributed by atoms with Gasteiger partial charge < -0.3 is 19.8 Å². The van der Waals surface area contributed by atoms with Crippen molar-refractivity contribution in [3.05, 3.63) is 12.2 Å². The molecule has 3 N–H and O–H groups in total. The summed E-state index contributed by atoms with van der Waals surface area (Å²) in [6, 6.07) is 0. The number of allylic oxidation sites excluding steroid dienone is 2. The molecule has 0 aliphatic carbocycles. The first kappa shape index (κ1) is 39.1. The molecule has 0 saturated heterocycles. The second kappa shape index (κ2) is 24.7. The molecular weight excluding hydrogens is 518 g/mol. The minimum Gasteiger partial charge on any atom is -0.481 e. The summed E-state index contributed by atoms with van der Waals surface area (Å²) in [4.78, 5) is 34.5. The standard InChI is InChI=1S/C34H63NO6/c1-5-6-7-8-9-10-11-12-13-14-15-16-17-18-19-20-21-25-35(26-22-29(2)32(36)37,27-23-30(3)33(38)39)28-24-31(4)34(40)41/h13-14,29-31H,5-12,15-28H2,1-4H3,(H2-,36,37,38,39,40,41)/p+1/b14-13+. The zero-order chi connectivity index (χ0) is 30.9. The van der Waals surface area contributed by atoms with Gasteiger partial charge >= 0.3 is 17.9 Å². The van der Waals surface area contributed by atoms with E-state index in [1.165, 1.54) is 70.6 Å². The van der Waals surface area contributed by atoms with Crippen LogP contribution >= 0.6 is 0 Å². The van der Waals surface area contributed by atoms with E-state index in [4.69, 9.17) is 0 Å². The predicted molar refractivity (Wildman–Crippen MR) is 168 cm³/mol. The van der Waals surface area contributed by atoms with Gasteiger partial charge in [0.15, 0.2) is 0 Å². The van der Waals surface area contributed by atoms with Crippen LogP contribution in [0.4, 0.5) is 0 Å². The van der Waals surface area contributed by atoms with Crippen LogP contribution in [-0.4, -0.2) is 63.9 Å². The van der Waals surface area contributed by atoms with Gasteiger partial charge in [0, 0.05) is 19.3 Å². The third-order valence-electron chi connectivity index (χ3n) is 8.77. The zero-order valence-electron chi connectivity index (χ0n) is 27.0. The molecule has 0 heterocycles. The molecule has 0 aromatic carbocycles. The average molecular weight is 583 g/mol. The van der Waals surface area contributed by atoms with Crippen molar-refractivity contribution in [2.75, 3.05) is 26.2 Å². The van der Waals surface area contributed by atoms with Crippen molar-refractivity contribution in [1.82, 2.24) is 0 Å². The number of hydrogen-bond donors (Lipinski definition) is 3. The van der Waals surface area contributed by atoms with Gasteiger partial charge in [-0.3, -0.25) is 14.4 Å². The summed E-state index contributed by atoms with van der Waals surface area (Å²) in [5.74, 6) is -3.92. The highest BCUT2D eigenvalue weighted by molar-refractivity contribution is 5.70. The Balaban J connectivity index is 4.61. The van der Waals surface area contributed by atoms with Gasteiger partial charge in [-0.1, -0.05) is 97.6 Å². The molecule has 41 heavy (non-hydrogen) atoms. The molecule has 0 aliphatic heterocycles. The predicted octanol–water partition coefficient (Wildman–Crippen LogP) is 8.56. The summed E-state index contributed by atoms with van der Waals surface area (Å²) in [6.07, 6.45) is 24.9. The molecular formula is C34H64NO6+. The molecule has 0 bridgehead atoms. The second-order valence-corrected chi connectivity index (χ2v) is 12.6. The third kappa shape index (κ3) is 21.5. The number of carbonyl (C=O) groups is 3. The van der Waals surface area contributed by atoms with E-state index in [2.05, 4.69) is 19.1 Å². The number of carboxylic acids is 3. The average Bonchev–Trinajstić information content (AvgIpc) is 2.94. The molecule has 3 unspecified atom stereocenters. The molecule has 0 aromatic rings. The minimum atomic E-state index is -0.825. The molecule has 240 valence electrons. The van der Waals surface area contributed by atoms with E-state index in [0.717, 1.165) is 32.2 Å². The van der Waals surface area contributed by atoms with Crippen LogP contribution in [0.5, 0.6) is 0 Å². The molecule has 0 saturated carbocycles. The topological polar surface area (TPSA) is 112 Å². The van der Waals surface area contributed by atoms with Crippen molar-refractivity contribution in [2.45, 2.75) is 143 Å². The smallest absolute Gasteiger partial charge is 0.306 e. The Morgan fingerprint density at radius 2 is 0.829 bits per heavy atom. The van der Waals surface area contributed by atoms with E-state index in [0.29, 0.717) is 43.4 Å². The van der Waals surface area contributed by atoms with Crippen molar-refractivity contribution in [3.63, 3.8) is 0 Å². The van der Waals surface area contributed by atoms with Crippen LogP contribution in [0.1, 0.15) is 143 Å². The molecule has 0 amide bonds. The molecule has 0 fully saturated rings. The van der Waals surface area contributed by atoms with Crippen LogP contribution in [0.3, 0.4) is 0 Å². The SMILES string of the molecule is CCCCCCCCC/C=C/CCCCCCCC[N+](CCC(C)C(=O)O)(CCC(C)C(=O)O)CCC(C)C(=O)O. The van der Waals surface area contributed by atoms with Crippen molar-refractivity contribution in [2.24, 2.45) is 17.8 Å². The Morgan fingerprint density at radius 3 is 1.17 bits per heavy atom. The number of rotatable bonds is 29. The van der Waals surface area contributed by atoms with Gasteiger partial charge in [0.05, 0.1) is 43.9 Å². The van der Waals surface area contributed by atoms with Crippen molar-refractivity contribution >= 4 is 17.9 Å². The summed E-state index contributed by atoms with van der Waals surface area (Å²) in [5.41, 5.74) is 0. The number of carboxylic acid groups (broad SMARTS) is 3. The number of nitrogens with zero attached hydrogens (tertiary/aromatic N) is 1. The van der Waals surface area contributed by atoms with Gasteiger partial charge in [-0.25, -0.2) is 0 Å². The largest absolute Gasteiger partial charge is 0.481 e. The molecule has 0 spiro atoms. The van der Waals surface area contributed by atoms with E-state index in [1.807, 2.05) is 0 Å². The van der Waals surface area contributed by atoms with Gasteiger partial charge in [-0.05, 0) is 38.5 Å². The fourth-order valence-electron chi connectivity index (χ4n) is 5.32. The van der Waals surface area contributed by atoms with Crippen LogP contribution in [0, 0.1) is 17.8 Å². The summed E-state index contributed by atoms with van der Waals surface area (Å²) in [5, 5.41) is 28.3. The van der Waals surface area contributed by atoms with Crippen LogP contribution in [0.25, 0.3) is 0 Å². The summed E-state index contributed by atoms with van der Waals surface area (Å²) in [6.45, 7) is 10.1. The Bertz CT molecular complexity index is 662. The van der Waals surface area contributed by atoms with Crippen LogP contribution in [0.15, 0.2) is 12.2 Å². The number of hydrogen-bond acceptors (Lipinski definition) is 3. The lowest BCUT2D eigenvalue weighted by Gasteiger charge is -2.40. The number of unbranched alkanes of at least 4 members (excludes halogenated alkanes) is 13. The lowest BCUT2D eigenvalue weighted by Crippen LogP contribution is -2.52. The molecule has 7 heteroatoms. The quantitative estimate of drug-likeness (QED) is 0.0463. The van der Waals surface area contributed by atoms with Crippen LogP contribution < -0.4 is 0 Å². The summed E-state index contributed by atoms with van der Waals surface area (Å²) >= 11 is 0. The molecule has 0 rings (SSSR count). The van der Waals surface area contributed by atoms with Crippen LogP contribution in [0.2, 0.25) is 0 Å². The summed E-state index contributed by atoms with van der Waals surface area (Å²) < 4.78 is 0.608. The molecule has 7 nitrogen and oxygen atoms in total. The zero-order valence-corrected chi connectivity index (χ0v) is 27.0. The van der Waals surface area contributed by atoms with E-state index in [1.54, 1.807) is 20.8 Å². The maximum absolute atomic E-state index is 11.5. The first-order valence-electron chi connectivity index (χ1n) is 16.7. The molecule has 0 radical (unpaired) electrons. The monoisotopic (exact) mass is 582 g/mol. The van der Waals surface area contributed by atoms with Crippen molar-refractivity contribution in [3.8, 4) is 0 Å². The third-order valence-corrected chi connectivity index (χ3v) is 8.77. The van der Waals surface area contributed by atoms with Gasteiger partial charge in [-0.2, -0.15) is 0 Å². The maximum atomic E-state index is 11.5. The normalized spacial score (nSPS) is 15.4. The Labute approximate surface area is 251 Å². The van der Waals surface area contributed by atoms with Gasteiger partial charge in [-0.15, -0.1) is 0 Å². The van der Waals surface area contributed by atoms with Crippen molar-refractivity contribution < 1.29 is 34.2 Å². The molecule has 0 aliphatic rings. The van der Waals surface area contributed by atoms with E-state index in [-0.39, 0.29) is 0 Å². The number of aliphatic carboxylic acids is 3. The minimum absolute atomic E-state index is 0.481. The van der Waals surface area contributed by atoms with E-state index < -0.39 is 35.7 Å². The summed E-state index contributed by atoms with van der Waals surface area (Å²) in [7, 11) is 0. The fourth-order valence-corrected chi connectivity index (χ4v) is 5.32. The van der Waals surface area contributed by atoms with Gasteiger partial charge in [0.1, 0.15) is 0 Å². The van der Waals surface area contributed by atoms with Gasteiger partial charge in [0.25, 0.3) is 0 Å².